The molecule has 0 heterocycles. The highest BCUT2D eigenvalue weighted by atomic mass is 16.5. The van der Waals surface area contributed by atoms with Gasteiger partial charge < -0.3 is 15.4 Å². The molecule has 0 bridgehead atoms. The Kier molecular flexibility index (Phi) is 6.91. The van der Waals surface area contributed by atoms with Gasteiger partial charge in [0.05, 0.1) is 12.2 Å². The SMILES string of the molecule is CCOC(=O)c1cccc(NC(=O)CC(C)NC(=O)c2ccccc2)c1. The van der Waals surface area contributed by atoms with Crippen LogP contribution in [0, 0.1) is 0 Å². The van der Waals surface area contributed by atoms with Crippen LogP contribution in [0.15, 0.2) is 54.6 Å². The maximum atomic E-state index is 12.2. The third-order valence-corrected chi connectivity index (χ3v) is 3.56. The number of hydrogen-bond donors (Lipinski definition) is 2. The van der Waals surface area contributed by atoms with E-state index in [1.807, 2.05) is 6.07 Å². The molecule has 0 saturated carbocycles. The van der Waals surface area contributed by atoms with Crippen LogP contribution in [-0.4, -0.2) is 30.4 Å². The zero-order valence-corrected chi connectivity index (χ0v) is 14.8. The van der Waals surface area contributed by atoms with Gasteiger partial charge in [-0.2, -0.15) is 0 Å². The molecule has 0 fully saturated rings. The van der Waals surface area contributed by atoms with Crippen LogP contribution in [-0.2, 0) is 9.53 Å². The van der Waals surface area contributed by atoms with Crippen LogP contribution in [0.3, 0.4) is 0 Å². The summed E-state index contributed by atoms with van der Waals surface area (Å²) in [5, 5.41) is 5.51. The second kappa shape index (κ2) is 9.36. The van der Waals surface area contributed by atoms with Crippen molar-refractivity contribution in [3.63, 3.8) is 0 Å². The van der Waals surface area contributed by atoms with Crippen molar-refractivity contribution in [2.24, 2.45) is 0 Å². The standard InChI is InChI=1S/C20H22N2O4/c1-3-26-20(25)16-10-7-11-17(13-16)22-18(23)12-14(2)21-19(24)15-8-5-4-6-9-15/h4-11,13-14H,3,12H2,1-2H3,(H,21,24)(H,22,23). The van der Waals surface area contributed by atoms with Crippen LogP contribution in [0.1, 0.15) is 41.0 Å². The molecule has 1 unspecified atom stereocenters. The second-order valence-corrected chi connectivity index (χ2v) is 5.79. The van der Waals surface area contributed by atoms with Crippen LogP contribution in [0.25, 0.3) is 0 Å². The highest BCUT2D eigenvalue weighted by Gasteiger charge is 2.14. The molecule has 26 heavy (non-hydrogen) atoms. The zero-order chi connectivity index (χ0) is 18.9. The molecule has 2 amide bonds. The lowest BCUT2D eigenvalue weighted by Crippen LogP contribution is -2.35. The largest absolute Gasteiger partial charge is 0.462 e. The number of carbonyl (C=O) groups is 3. The summed E-state index contributed by atoms with van der Waals surface area (Å²) in [6.45, 7) is 3.78. The summed E-state index contributed by atoms with van der Waals surface area (Å²) in [6.07, 6.45) is 0.113. The van der Waals surface area contributed by atoms with Crippen LogP contribution < -0.4 is 10.6 Å². The Morgan fingerprint density at radius 3 is 2.38 bits per heavy atom. The number of anilines is 1. The van der Waals surface area contributed by atoms with Crippen molar-refractivity contribution >= 4 is 23.5 Å². The van der Waals surface area contributed by atoms with Gasteiger partial charge in [-0.1, -0.05) is 24.3 Å². The number of carbonyl (C=O) groups excluding carboxylic acids is 3. The summed E-state index contributed by atoms with van der Waals surface area (Å²) in [4.78, 5) is 36.0. The number of ether oxygens (including phenoxy) is 1. The zero-order valence-electron chi connectivity index (χ0n) is 14.8. The smallest absolute Gasteiger partial charge is 0.338 e. The molecule has 2 rings (SSSR count). The number of hydrogen-bond acceptors (Lipinski definition) is 4. The molecule has 0 aliphatic rings. The maximum Gasteiger partial charge on any atom is 0.338 e. The molecule has 6 nitrogen and oxygen atoms in total. The normalized spacial score (nSPS) is 11.3. The molecule has 0 saturated heterocycles. The average Bonchev–Trinajstić information content (AvgIpc) is 2.62. The molecule has 0 aliphatic carbocycles. The Labute approximate surface area is 152 Å². The van der Waals surface area contributed by atoms with Gasteiger partial charge in [-0.25, -0.2) is 4.79 Å². The van der Waals surface area contributed by atoms with E-state index >= 15 is 0 Å². The molecule has 0 aromatic heterocycles. The lowest BCUT2D eigenvalue weighted by molar-refractivity contribution is -0.116. The topological polar surface area (TPSA) is 84.5 Å². The first-order valence-corrected chi connectivity index (χ1v) is 8.42. The van der Waals surface area contributed by atoms with Crippen LogP contribution in [0.4, 0.5) is 5.69 Å². The molecule has 0 aliphatic heterocycles. The minimum Gasteiger partial charge on any atom is -0.462 e. The van der Waals surface area contributed by atoms with E-state index in [1.54, 1.807) is 62.4 Å². The summed E-state index contributed by atoms with van der Waals surface area (Å²) in [5.74, 6) is -0.922. The molecule has 1 atom stereocenters. The Hall–Kier alpha value is -3.15. The van der Waals surface area contributed by atoms with Crippen molar-refractivity contribution in [2.45, 2.75) is 26.3 Å². The van der Waals surface area contributed by atoms with Crippen molar-refractivity contribution in [2.75, 3.05) is 11.9 Å². The van der Waals surface area contributed by atoms with Gasteiger partial charge in [0.1, 0.15) is 0 Å². The summed E-state index contributed by atoms with van der Waals surface area (Å²) < 4.78 is 4.94. The fourth-order valence-electron chi connectivity index (χ4n) is 2.38. The highest BCUT2D eigenvalue weighted by molar-refractivity contribution is 5.96. The van der Waals surface area contributed by atoms with E-state index in [2.05, 4.69) is 10.6 Å². The number of benzene rings is 2. The Morgan fingerprint density at radius 1 is 1.00 bits per heavy atom. The quantitative estimate of drug-likeness (QED) is 0.749. The summed E-state index contributed by atoms with van der Waals surface area (Å²) >= 11 is 0. The Morgan fingerprint density at radius 2 is 1.69 bits per heavy atom. The second-order valence-electron chi connectivity index (χ2n) is 5.79. The molecule has 2 N–H and O–H groups in total. The van der Waals surface area contributed by atoms with Gasteiger partial charge >= 0.3 is 5.97 Å². The monoisotopic (exact) mass is 354 g/mol. The summed E-state index contributed by atoms with van der Waals surface area (Å²) in [6, 6.07) is 15.0. The molecule has 0 radical (unpaired) electrons. The van der Waals surface area contributed by atoms with Crippen LogP contribution in [0.2, 0.25) is 0 Å². The first kappa shape index (κ1) is 19.2. The van der Waals surface area contributed by atoms with Gasteiger partial charge in [0.25, 0.3) is 5.91 Å². The molecule has 136 valence electrons. The van der Waals surface area contributed by atoms with Gasteiger partial charge in [0.15, 0.2) is 0 Å². The predicted octanol–water partition coefficient (Wildman–Crippen LogP) is 3.01. The number of rotatable bonds is 7. The predicted molar refractivity (Wildman–Crippen MR) is 99.0 cm³/mol. The highest BCUT2D eigenvalue weighted by Crippen LogP contribution is 2.12. The average molecular weight is 354 g/mol. The Bertz CT molecular complexity index is 774. The van der Waals surface area contributed by atoms with Crippen molar-refractivity contribution in [3.05, 3.63) is 65.7 Å². The molecule has 6 heteroatoms. The van der Waals surface area contributed by atoms with Crippen LogP contribution >= 0.6 is 0 Å². The van der Waals surface area contributed by atoms with Gasteiger partial charge in [-0.15, -0.1) is 0 Å². The van der Waals surface area contributed by atoms with Crippen molar-refractivity contribution in [1.82, 2.24) is 5.32 Å². The minimum absolute atomic E-state index is 0.113. The Balaban J connectivity index is 1.89. The first-order valence-electron chi connectivity index (χ1n) is 8.42. The maximum absolute atomic E-state index is 12.2. The third kappa shape index (κ3) is 5.73. The van der Waals surface area contributed by atoms with E-state index < -0.39 is 5.97 Å². The molecule has 2 aromatic carbocycles. The molecular formula is C20H22N2O4. The first-order chi connectivity index (χ1) is 12.5. The van der Waals surface area contributed by atoms with E-state index in [1.165, 1.54) is 0 Å². The molecular weight excluding hydrogens is 332 g/mol. The van der Waals surface area contributed by atoms with Gasteiger partial charge in [-0.3, -0.25) is 9.59 Å². The molecule has 0 spiro atoms. The van der Waals surface area contributed by atoms with Gasteiger partial charge in [0.2, 0.25) is 5.91 Å². The van der Waals surface area contributed by atoms with Crippen molar-refractivity contribution < 1.29 is 19.1 Å². The van der Waals surface area contributed by atoms with E-state index in [4.69, 9.17) is 4.74 Å². The number of nitrogens with one attached hydrogen (secondary N) is 2. The van der Waals surface area contributed by atoms with Crippen molar-refractivity contribution in [3.8, 4) is 0 Å². The summed E-state index contributed by atoms with van der Waals surface area (Å²) in [7, 11) is 0. The van der Waals surface area contributed by atoms with E-state index in [9.17, 15) is 14.4 Å². The number of amides is 2. The van der Waals surface area contributed by atoms with E-state index in [0.29, 0.717) is 16.8 Å². The fourth-order valence-corrected chi connectivity index (χ4v) is 2.38. The van der Waals surface area contributed by atoms with Crippen LogP contribution in [0.5, 0.6) is 0 Å². The lowest BCUT2D eigenvalue weighted by Gasteiger charge is -2.14. The van der Waals surface area contributed by atoms with Crippen molar-refractivity contribution in [1.29, 1.82) is 0 Å². The van der Waals surface area contributed by atoms with E-state index in [0.717, 1.165) is 0 Å². The third-order valence-electron chi connectivity index (χ3n) is 3.56. The summed E-state index contributed by atoms with van der Waals surface area (Å²) in [5.41, 5.74) is 1.42. The molecule has 2 aromatic rings. The van der Waals surface area contributed by atoms with Gasteiger partial charge in [0, 0.05) is 23.7 Å². The lowest BCUT2D eigenvalue weighted by atomic mass is 10.1. The minimum atomic E-state index is -0.438. The number of esters is 1. The fraction of sp³-hybridized carbons (Fsp3) is 0.250. The van der Waals surface area contributed by atoms with E-state index in [-0.39, 0.29) is 30.9 Å². The van der Waals surface area contributed by atoms with Gasteiger partial charge in [-0.05, 0) is 44.2 Å².